The van der Waals surface area contributed by atoms with Crippen LogP contribution in [0.1, 0.15) is 12.8 Å². The van der Waals surface area contributed by atoms with Crippen molar-refractivity contribution in [2.75, 3.05) is 13.1 Å². The summed E-state index contributed by atoms with van der Waals surface area (Å²) in [7, 11) is 0. The van der Waals surface area contributed by atoms with Crippen LogP contribution < -0.4 is 17.7 Å². The Hall–Kier alpha value is 0. The van der Waals surface area contributed by atoms with E-state index in [4.69, 9.17) is 0 Å². The quantitative estimate of drug-likeness (QED) is 0.549. The van der Waals surface area contributed by atoms with Crippen molar-refractivity contribution in [3.05, 3.63) is 0 Å². The second-order valence-corrected chi connectivity index (χ2v) is 2.51. The Kier molecular flexibility index (Phi) is 4.89. The highest BCUT2D eigenvalue weighted by molar-refractivity contribution is 4.68. The van der Waals surface area contributed by atoms with E-state index in [9.17, 15) is 13.2 Å². The monoisotopic (exact) mass is 204 g/mol. The van der Waals surface area contributed by atoms with Crippen molar-refractivity contribution < 1.29 is 30.3 Å². The predicted octanol–water partition coefficient (Wildman–Crippen LogP) is -1.72. The van der Waals surface area contributed by atoms with Gasteiger partial charge in [0.2, 0.25) is 0 Å². The van der Waals surface area contributed by atoms with E-state index >= 15 is 0 Å². The highest BCUT2D eigenvalue weighted by Crippen LogP contribution is 2.22. The van der Waals surface area contributed by atoms with Gasteiger partial charge in [-0.15, -0.1) is 13.2 Å². The van der Waals surface area contributed by atoms with E-state index in [0.29, 0.717) is 25.9 Å². The summed E-state index contributed by atoms with van der Waals surface area (Å²) in [6.45, 7) is 1.22. The highest BCUT2D eigenvalue weighted by atomic mass is 35.5. The molecule has 0 atom stereocenters. The van der Waals surface area contributed by atoms with E-state index in [1.54, 1.807) is 0 Å². The van der Waals surface area contributed by atoms with Gasteiger partial charge >= 0.3 is 6.36 Å². The molecule has 1 heterocycles. The van der Waals surface area contributed by atoms with Gasteiger partial charge in [-0.2, -0.15) is 0 Å². The molecule has 0 amide bonds. The second-order valence-electron chi connectivity index (χ2n) is 2.51. The average Bonchev–Trinajstić information content (AvgIpc) is 1.85. The van der Waals surface area contributed by atoms with Crippen molar-refractivity contribution in [2.24, 2.45) is 0 Å². The van der Waals surface area contributed by atoms with E-state index in [-0.39, 0.29) is 12.4 Å². The topological polar surface area (TPSA) is 21.3 Å². The Labute approximate surface area is 74.9 Å². The summed E-state index contributed by atoms with van der Waals surface area (Å²) in [4.78, 5) is 0. The summed E-state index contributed by atoms with van der Waals surface area (Å²) >= 11 is 0. The zero-order chi connectivity index (χ0) is 8.32. The fourth-order valence-electron chi connectivity index (χ4n) is 1.10. The number of ether oxygens (including phenoxy) is 1. The zero-order valence-corrected chi connectivity index (χ0v) is 7.08. The van der Waals surface area contributed by atoms with Crippen LogP contribution >= 0.6 is 0 Å². The van der Waals surface area contributed by atoms with Gasteiger partial charge in [0.1, 0.15) is 0 Å². The lowest BCUT2D eigenvalue weighted by atomic mass is 10.1. The van der Waals surface area contributed by atoms with Gasteiger partial charge in [0.15, 0.2) is 0 Å². The van der Waals surface area contributed by atoms with E-state index in [0.717, 1.165) is 0 Å². The molecule has 0 unspecified atom stereocenters. The molecular formula is C6H10ClF3NO-. The summed E-state index contributed by atoms with van der Waals surface area (Å²) in [5.74, 6) is 0. The minimum absolute atomic E-state index is 0. The van der Waals surface area contributed by atoms with Crippen molar-refractivity contribution >= 4 is 0 Å². The number of piperidine rings is 1. The number of halogens is 4. The molecule has 0 saturated carbocycles. The SMILES string of the molecule is FC(F)(F)OC1CCNCC1.[Cl-]. The third kappa shape index (κ3) is 4.79. The fourth-order valence-corrected chi connectivity index (χ4v) is 1.10. The lowest BCUT2D eigenvalue weighted by molar-refractivity contribution is -0.344. The normalized spacial score (nSPS) is 20.2. The summed E-state index contributed by atoms with van der Waals surface area (Å²) in [6.07, 6.45) is -4.22. The number of nitrogens with one attached hydrogen (secondary N) is 1. The molecule has 74 valence electrons. The van der Waals surface area contributed by atoms with Crippen molar-refractivity contribution in [3.8, 4) is 0 Å². The Morgan fingerprint density at radius 1 is 1.17 bits per heavy atom. The molecule has 0 bridgehead atoms. The molecule has 6 heteroatoms. The number of alkyl halides is 3. The second kappa shape index (κ2) is 4.89. The van der Waals surface area contributed by atoms with Gasteiger partial charge in [-0.1, -0.05) is 0 Å². The van der Waals surface area contributed by atoms with Crippen LogP contribution in [0.5, 0.6) is 0 Å². The average molecular weight is 205 g/mol. The first kappa shape index (κ1) is 12.0. The Bertz CT molecular complexity index is 124. The number of hydrogen-bond donors (Lipinski definition) is 1. The van der Waals surface area contributed by atoms with Crippen LogP contribution in [-0.2, 0) is 4.74 Å². The number of hydrogen-bond acceptors (Lipinski definition) is 2. The molecule has 1 N–H and O–H groups in total. The van der Waals surface area contributed by atoms with Gasteiger partial charge in [-0.25, -0.2) is 0 Å². The Morgan fingerprint density at radius 3 is 2.08 bits per heavy atom. The molecule has 0 aromatic heterocycles. The molecule has 0 spiro atoms. The third-order valence-corrected chi connectivity index (χ3v) is 1.59. The van der Waals surface area contributed by atoms with Gasteiger partial charge in [0, 0.05) is 0 Å². The molecule has 1 aliphatic heterocycles. The van der Waals surface area contributed by atoms with Gasteiger partial charge in [0.25, 0.3) is 0 Å². The molecule has 1 rings (SSSR count). The Balaban J connectivity index is 0.00000121. The minimum atomic E-state index is -4.47. The van der Waals surface area contributed by atoms with Crippen molar-refractivity contribution in [1.82, 2.24) is 5.32 Å². The predicted molar refractivity (Wildman–Crippen MR) is 33.0 cm³/mol. The first-order chi connectivity index (χ1) is 5.08. The molecule has 1 fully saturated rings. The molecule has 0 aromatic rings. The van der Waals surface area contributed by atoms with Gasteiger partial charge in [-0.05, 0) is 25.9 Å². The van der Waals surface area contributed by atoms with Crippen LogP contribution in [0.25, 0.3) is 0 Å². The van der Waals surface area contributed by atoms with Crippen molar-refractivity contribution in [3.63, 3.8) is 0 Å². The van der Waals surface area contributed by atoms with Crippen LogP contribution in [0.4, 0.5) is 13.2 Å². The first-order valence-corrected chi connectivity index (χ1v) is 3.53. The standard InChI is InChI=1S/C6H10F3NO.ClH/c7-6(8,9)11-5-1-3-10-4-2-5;/h5,10H,1-4H2;1H/p-1. The molecule has 0 aliphatic carbocycles. The van der Waals surface area contributed by atoms with Crippen molar-refractivity contribution in [2.45, 2.75) is 25.3 Å². The summed E-state index contributed by atoms with van der Waals surface area (Å²) < 4.78 is 38.6. The molecular weight excluding hydrogens is 195 g/mol. The van der Waals surface area contributed by atoms with Crippen LogP contribution in [0.15, 0.2) is 0 Å². The van der Waals surface area contributed by atoms with Crippen LogP contribution in [0, 0.1) is 0 Å². The molecule has 1 aliphatic rings. The van der Waals surface area contributed by atoms with Gasteiger partial charge in [0.05, 0.1) is 6.10 Å². The largest absolute Gasteiger partial charge is 1.00 e. The van der Waals surface area contributed by atoms with Gasteiger partial charge in [-0.3, -0.25) is 4.74 Å². The van der Waals surface area contributed by atoms with E-state index in [2.05, 4.69) is 10.1 Å². The maximum Gasteiger partial charge on any atom is 0.522 e. The molecule has 0 aromatic carbocycles. The highest BCUT2D eigenvalue weighted by Gasteiger charge is 2.33. The van der Waals surface area contributed by atoms with E-state index in [1.807, 2.05) is 0 Å². The van der Waals surface area contributed by atoms with Crippen molar-refractivity contribution in [1.29, 1.82) is 0 Å². The molecule has 12 heavy (non-hydrogen) atoms. The van der Waals surface area contributed by atoms with Crippen LogP contribution in [0.2, 0.25) is 0 Å². The maximum atomic E-state index is 11.6. The third-order valence-electron chi connectivity index (χ3n) is 1.59. The molecule has 1 saturated heterocycles. The molecule has 2 nitrogen and oxygen atoms in total. The zero-order valence-electron chi connectivity index (χ0n) is 6.33. The summed E-state index contributed by atoms with van der Waals surface area (Å²) in [5.41, 5.74) is 0. The first-order valence-electron chi connectivity index (χ1n) is 3.53. The smallest absolute Gasteiger partial charge is 0.522 e. The fraction of sp³-hybridized carbons (Fsp3) is 1.00. The van der Waals surface area contributed by atoms with E-state index < -0.39 is 12.5 Å². The molecule has 0 radical (unpaired) electrons. The minimum Gasteiger partial charge on any atom is -1.00 e. The van der Waals surface area contributed by atoms with Crippen LogP contribution in [-0.4, -0.2) is 25.6 Å². The lowest BCUT2D eigenvalue weighted by Crippen LogP contribution is -3.00. The van der Waals surface area contributed by atoms with Gasteiger partial charge < -0.3 is 17.7 Å². The Morgan fingerprint density at radius 2 is 1.67 bits per heavy atom. The van der Waals surface area contributed by atoms with Crippen LogP contribution in [0.3, 0.4) is 0 Å². The lowest BCUT2D eigenvalue weighted by Gasteiger charge is -2.23. The summed E-state index contributed by atoms with van der Waals surface area (Å²) in [6, 6.07) is 0. The van der Waals surface area contributed by atoms with E-state index in [1.165, 1.54) is 0 Å². The maximum absolute atomic E-state index is 11.6. The summed E-state index contributed by atoms with van der Waals surface area (Å²) in [5, 5.41) is 2.95. The number of rotatable bonds is 1.